The van der Waals surface area contributed by atoms with Crippen molar-refractivity contribution in [2.75, 3.05) is 6.54 Å². The lowest BCUT2D eigenvalue weighted by atomic mass is 10.1. The highest BCUT2D eigenvalue weighted by atomic mass is 16.3. The van der Waals surface area contributed by atoms with Gasteiger partial charge in [-0.2, -0.15) is 0 Å². The molecule has 0 saturated heterocycles. The minimum absolute atomic E-state index is 0.208. The van der Waals surface area contributed by atoms with Gasteiger partial charge in [-0.1, -0.05) is 23.0 Å². The molecular weight excluding hydrogens is 190 g/mol. The second-order valence-corrected chi connectivity index (χ2v) is 3.01. The van der Waals surface area contributed by atoms with Crippen LogP contribution in [0.2, 0.25) is 0 Å². The Morgan fingerprint density at radius 2 is 2.33 bits per heavy atom. The molecular formula is C11H11N3O. The van der Waals surface area contributed by atoms with Crippen molar-refractivity contribution >= 4 is 0 Å². The fourth-order valence-electron chi connectivity index (χ4n) is 1.05. The summed E-state index contributed by atoms with van der Waals surface area (Å²) in [5.74, 6) is 6.01. The Bertz CT molecular complexity index is 451. The van der Waals surface area contributed by atoms with E-state index in [1.54, 1.807) is 12.1 Å². The predicted octanol–water partition coefficient (Wildman–Crippen LogP) is 2.75. The number of hydrogen-bond donors (Lipinski definition) is 1. The Morgan fingerprint density at radius 3 is 3.07 bits per heavy atom. The van der Waals surface area contributed by atoms with E-state index in [2.05, 4.69) is 21.9 Å². The highest BCUT2D eigenvalue weighted by Crippen LogP contribution is 2.14. The largest absolute Gasteiger partial charge is 0.508 e. The van der Waals surface area contributed by atoms with Gasteiger partial charge in [-0.05, 0) is 30.2 Å². The number of nitrogens with zero attached hydrogens (tertiary/aromatic N) is 3. The summed E-state index contributed by atoms with van der Waals surface area (Å²) in [6, 6.07) is 5.06. The van der Waals surface area contributed by atoms with E-state index in [1.807, 2.05) is 13.0 Å². The molecule has 1 N–H and O–H groups in total. The number of aromatic hydroxyl groups is 1. The molecule has 0 bridgehead atoms. The van der Waals surface area contributed by atoms with Crippen LogP contribution >= 0.6 is 0 Å². The molecule has 0 saturated carbocycles. The molecule has 0 atom stereocenters. The molecule has 0 aromatic heterocycles. The third kappa shape index (κ3) is 3.63. The van der Waals surface area contributed by atoms with E-state index in [4.69, 9.17) is 5.53 Å². The van der Waals surface area contributed by atoms with Crippen LogP contribution in [0.15, 0.2) is 23.3 Å². The minimum atomic E-state index is 0.208. The lowest BCUT2D eigenvalue weighted by Gasteiger charge is -1.97. The van der Waals surface area contributed by atoms with Crippen LogP contribution in [0.25, 0.3) is 10.4 Å². The minimum Gasteiger partial charge on any atom is -0.508 e. The molecule has 0 fully saturated rings. The van der Waals surface area contributed by atoms with Crippen LogP contribution in [0.3, 0.4) is 0 Å². The maximum Gasteiger partial charge on any atom is 0.116 e. The van der Waals surface area contributed by atoms with Gasteiger partial charge in [-0.25, -0.2) is 0 Å². The summed E-state index contributed by atoms with van der Waals surface area (Å²) < 4.78 is 0. The van der Waals surface area contributed by atoms with Crippen LogP contribution < -0.4 is 0 Å². The lowest BCUT2D eigenvalue weighted by Crippen LogP contribution is -1.81. The fourth-order valence-corrected chi connectivity index (χ4v) is 1.05. The normalized spacial score (nSPS) is 8.60. The molecule has 0 aliphatic rings. The number of aryl methyl sites for hydroxylation is 1. The summed E-state index contributed by atoms with van der Waals surface area (Å²) in [6.07, 6.45) is 0.527. The van der Waals surface area contributed by atoms with Gasteiger partial charge < -0.3 is 5.11 Å². The Hall–Kier alpha value is -2.11. The molecule has 0 spiro atoms. The summed E-state index contributed by atoms with van der Waals surface area (Å²) in [6.45, 7) is 2.30. The van der Waals surface area contributed by atoms with E-state index in [-0.39, 0.29) is 5.75 Å². The third-order valence-electron chi connectivity index (χ3n) is 1.84. The molecule has 4 heteroatoms. The summed E-state index contributed by atoms with van der Waals surface area (Å²) in [5.41, 5.74) is 9.86. The smallest absolute Gasteiger partial charge is 0.116 e. The predicted molar refractivity (Wildman–Crippen MR) is 58.4 cm³/mol. The first-order chi connectivity index (χ1) is 7.24. The molecule has 0 radical (unpaired) electrons. The van der Waals surface area contributed by atoms with E-state index in [1.165, 1.54) is 0 Å². The Morgan fingerprint density at radius 1 is 1.53 bits per heavy atom. The molecule has 1 rings (SSSR count). The zero-order valence-electron chi connectivity index (χ0n) is 8.44. The van der Waals surface area contributed by atoms with Gasteiger partial charge >= 0.3 is 0 Å². The number of phenols is 1. The van der Waals surface area contributed by atoms with E-state index in [0.717, 1.165) is 11.1 Å². The zero-order valence-corrected chi connectivity index (χ0v) is 8.44. The van der Waals surface area contributed by atoms with Gasteiger partial charge in [-0.3, -0.25) is 0 Å². The summed E-state index contributed by atoms with van der Waals surface area (Å²) in [5, 5.41) is 12.6. The first kappa shape index (κ1) is 11.0. The molecule has 0 aliphatic carbocycles. The van der Waals surface area contributed by atoms with Crippen molar-refractivity contribution in [3.8, 4) is 17.6 Å². The number of phenolic OH excluding ortho intramolecular Hbond substituents is 1. The maximum absolute atomic E-state index is 9.24. The monoisotopic (exact) mass is 201 g/mol. The average Bonchev–Trinajstić information content (AvgIpc) is 2.23. The average molecular weight is 201 g/mol. The van der Waals surface area contributed by atoms with E-state index in [0.29, 0.717) is 13.0 Å². The molecule has 76 valence electrons. The molecule has 0 aliphatic heterocycles. The lowest BCUT2D eigenvalue weighted by molar-refractivity contribution is 0.475. The van der Waals surface area contributed by atoms with Crippen molar-refractivity contribution in [2.24, 2.45) is 5.11 Å². The van der Waals surface area contributed by atoms with Crippen molar-refractivity contribution in [2.45, 2.75) is 13.3 Å². The van der Waals surface area contributed by atoms with Crippen molar-refractivity contribution < 1.29 is 5.11 Å². The molecule has 4 nitrogen and oxygen atoms in total. The van der Waals surface area contributed by atoms with Crippen molar-refractivity contribution in [3.05, 3.63) is 39.8 Å². The van der Waals surface area contributed by atoms with Gasteiger partial charge in [0.25, 0.3) is 0 Å². The van der Waals surface area contributed by atoms with Crippen LogP contribution in [0.4, 0.5) is 0 Å². The molecule has 1 aromatic carbocycles. The first-order valence-electron chi connectivity index (χ1n) is 4.53. The highest BCUT2D eigenvalue weighted by molar-refractivity contribution is 5.44. The standard InChI is InChI=1S/C11H11N3O/c1-9-5-6-11(15)8-10(9)4-2-3-7-13-14-12/h5-6,8,15H,3,7H2,1H3. The number of hydrogen-bond acceptors (Lipinski definition) is 2. The van der Waals surface area contributed by atoms with Crippen LogP contribution in [-0.4, -0.2) is 11.7 Å². The van der Waals surface area contributed by atoms with Crippen LogP contribution in [0.1, 0.15) is 17.5 Å². The second kappa shape index (κ2) is 5.58. The Kier molecular flexibility index (Phi) is 4.08. The van der Waals surface area contributed by atoms with Crippen LogP contribution in [0.5, 0.6) is 5.75 Å². The summed E-state index contributed by atoms with van der Waals surface area (Å²) in [4.78, 5) is 2.63. The van der Waals surface area contributed by atoms with Crippen molar-refractivity contribution in [1.82, 2.24) is 0 Å². The van der Waals surface area contributed by atoms with Gasteiger partial charge in [-0.15, -0.1) is 0 Å². The topological polar surface area (TPSA) is 69.0 Å². The quantitative estimate of drug-likeness (QED) is 0.258. The van der Waals surface area contributed by atoms with Crippen LogP contribution in [0, 0.1) is 18.8 Å². The molecule has 1 aromatic rings. The van der Waals surface area contributed by atoms with E-state index < -0.39 is 0 Å². The summed E-state index contributed by atoms with van der Waals surface area (Å²) >= 11 is 0. The van der Waals surface area contributed by atoms with Gasteiger partial charge in [0.05, 0.1) is 0 Å². The number of benzene rings is 1. The molecule has 15 heavy (non-hydrogen) atoms. The van der Waals surface area contributed by atoms with Gasteiger partial charge in [0.15, 0.2) is 0 Å². The van der Waals surface area contributed by atoms with E-state index >= 15 is 0 Å². The SMILES string of the molecule is Cc1ccc(O)cc1C#CCCN=[N+]=[N-]. The first-order valence-corrected chi connectivity index (χ1v) is 4.53. The Balaban J connectivity index is 2.70. The molecule has 0 heterocycles. The number of azide groups is 1. The summed E-state index contributed by atoms with van der Waals surface area (Å²) in [7, 11) is 0. The molecule has 0 amide bonds. The maximum atomic E-state index is 9.24. The zero-order chi connectivity index (χ0) is 11.1. The fraction of sp³-hybridized carbons (Fsp3) is 0.273. The van der Waals surface area contributed by atoms with Crippen molar-refractivity contribution in [3.63, 3.8) is 0 Å². The van der Waals surface area contributed by atoms with Gasteiger partial charge in [0.2, 0.25) is 0 Å². The highest BCUT2D eigenvalue weighted by Gasteiger charge is 1.94. The van der Waals surface area contributed by atoms with Crippen molar-refractivity contribution in [1.29, 1.82) is 0 Å². The van der Waals surface area contributed by atoms with Gasteiger partial charge in [0.1, 0.15) is 5.75 Å². The Labute approximate surface area is 88.2 Å². The second-order valence-electron chi connectivity index (χ2n) is 3.01. The van der Waals surface area contributed by atoms with Gasteiger partial charge in [0, 0.05) is 23.4 Å². The number of rotatable bonds is 2. The third-order valence-corrected chi connectivity index (χ3v) is 1.84. The molecule has 0 unspecified atom stereocenters. The van der Waals surface area contributed by atoms with E-state index in [9.17, 15) is 5.11 Å². The van der Waals surface area contributed by atoms with Crippen LogP contribution in [-0.2, 0) is 0 Å².